The van der Waals surface area contributed by atoms with Crippen LogP contribution in [0.5, 0.6) is 0 Å². The first-order chi connectivity index (χ1) is 6.86. The highest BCUT2D eigenvalue weighted by molar-refractivity contribution is 5.93. The molecule has 3 N–H and O–H groups in total. The molecule has 72 valence electrons. The number of hydrogen-bond acceptors (Lipinski definition) is 1. The van der Waals surface area contributed by atoms with Crippen LogP contribution in [-0.4, -0.2) is 4.98 Å². The summed E-state index contributed by atoms with van der Waals surface area (Å²) in [5.74, 6) is 0. The van der Waals surface area contributed by atoms with Gasteiger partial charge in [-0.05, 0) is 37.3 Å². The Hall–Kier alpha value is -1.44. The van der Waals surface area contributed by atoms with E-state index in [-0.39, 0.29) is 0 Å². The average molecular weight is 186 g/mol. The van der Waals surface area contributed by atoms with E-state index in [9.17, 15) is 0 Å². The van der Waals surface area contributed by atoms with E-state index >= 15 is 0 Å². The van der Waals surface area contributed by atoms with Crippen molar-refractivity contribution in [3.05, 3.63) is 29.5 Å². The second-order valence-electron chi connectivity index (χ2n) is 4.06. The fourth-order valence-electron chi connectivity index (χ4n) is 2.45. The van der Waals surface area contributed by atoms with Crippen molar-refractivity contribution in [2.24, 2.45) is 0 Å². The maximum absolute atomic E-state index is 5.94. The molecule has 2 nitrogen and oxygen atoms in total. The van der Waals surface area contributed by atoms with Gasteiger partial charge in [0.15, 0.2) is 0 Å². The summed E-state index contributed by atoms with van der Waals surface area (Å²) >= 11 is 0. The minimum absolute atomic E-state index is 0.872. The third-order valence-corrected chi connectivity index (χ3v) is 3.17. The van der Waals surface area contributed by atoms with E-state index in [4.69, 9.17) is 5.73 Å². The number of hydrogen-bond donors (Lipinski definition) is 2. The van der Waals surface area contributed by atoms with Gasteiger partial charge in [0.2, 0.25) is 0 Å². The molecule has 0 spiro atoms. The summed E-state index contributed by atoms with van der Waals surface area (Å²) < 4.78 is 0. The van der Waals surface area contributed by atoms with Gasteiger partial charge in [-0.15, -0.1) is 0 Å². The molecule has 1 aliphatic carbocycles. The molecule has 2 aromatic rings. The Labute approximate surface area is 83.1 Å². The van der Waals surface area contributed by atoms with E-state index < -0.39 is 0 Å². The van der Waals surface area contributed by atoms with Gasteiger partial charge in [0.1, 0.15) is 0 Å². The number of nitrogens with two attached hydrogens (primary N) is 1. The molecule has 0 atom stereocenters. The van der Waals surface area contributed by atoms with Gasteiger partial charge in [-0.25, -0.2) is 0 Å². The molecular formula is C12H14N2. The fourth-order valence-corrected chi connectivity index (χ4v) is 2.45. The van der Waals surface area contributed by atoms with Crippen molar-refractivity contribution in [2.75, 3.05) is 5.73 Å². The molecule has 0 aliphatic heterocycles. The van der Waals surface area contributed by atoms with Gasteiger partial charge >= 0.3 is 0 Å². The molecule has 2 heteroatoms. The van der Waals surface area contributed by atoms with Crippen molar-refractivity contribution in [3.8, 4) is 0 Å². The first-order valence-electron chi connectivity index (χ1n) is 5.24. The second-order valence-corrected chi connectivity index (χ2v) is 4.06. The monoisotopic (exact) mass is 186 g/mol. The molecule has 1 aromatic carbocycles. The quantitative estimate of drug-likeness (QED) is 0.610. The Morgan fingerprint density at radius 2 is 2.00 bits per heavy atom. The standard InChI is InChI=1S/C12H14N2/c13-10-6-3-5-9-8-4-1-2-7-11(8)14-12(9)10/h3,5-6,14H,1-2,4,7,13H2. The van der Waals surface area contributed by atoms with Crippen LogP contribution in [0.15, 0.2) is 18.2 Å². The average Bonchev–Trinajstić information content (AvgIpc) is 2.59. The number of aromatic amines is 1. The summed E-state index contributed by atoms with van der Waals surface area (Å²) in [6.07, 6.45) is 5.01. The smallest absolute Gasteiger partial charge is 0.0692 e. The number of anilines is 1. The highest BCUT2D eigenvalue weighted by Crippen LogP contribution is 2.31. The van der Waals surface area contributed by atoms with Crippen molar-refractivity contribution < 1.29 is 0 Å². The molecule has 14 heavy (non-hydrogen) atoms. The first-order valence-corrected chi connectivity index (χ1v) is 5.24. The third-order valence-electron chi connectivity index (χ3n) is 3.17. The van der Waals surface area contributed by atoms with Crippen LogP contribution in [0.2, 0.25) is 0 Å². The zero-order chi connectivity index (χ0) is 9.54. The molecule has 3 rings (SSSR count). The van der Waals surface area contributed by atoms with Crippen LogP contribution in [-0.2, 0) is 12.8 Å². The molecule has 0 saturated carbocycles. The molecular weight excluding hydrogens is 172 g/mol. The summed E-state index contributed by atoms with van der Waals surface area (Å²) in [5, 5.41) is 1.33. The zero-order valence-corrected chi connectivity index (χ0v) is 8.14. The number of fused-ring (bicyclic) bond motifs is 3. The number of benzene rings is 1. The second kappa shape index (κ2) is 2.77. The van der Waals surface area contributed by atoms with Gasteiger partial charge in [0.05, 0.1) is 11.2 Å². The van der Waals surface area contributed by atoms with Crippen LogP contribution in [0.3, 0.4) is 0 Å². The maximum atomic E-state index is 5.94. The molecule has 1 heterocycles. The van der Waals surface area contributed by atoms with Crippen LogP contribution in [0.25, 0.3) is 10.9 Å². The van der Waals surface area contributed by atoms with Gasteiger partial charge in [-0.1, -0.05) is 12.1 Å². The SMILES string of the molecule is Nc1cccc2c3c([nH]c12)CCCC3. The normalized spacial score (nSPS) is 15.7. The molecule has 0 radical (unpaired) electrons. The minimum atomic E-state index is 0.872. The lowest BCUT2D eigenvalue weighted by Crippen LogP contribution is -1.99. The minimum Gasteiger partial charge on any atom is -0.397 e. The third kappa shape index (κ3) is 0.969. The fraction of sp³-hybridized carbons (Fsp3) is 0.333. The molecule has 0 unspecified atom stereocenters. The summed E-state index contributed by atoms with van der Waals surface area (Å²) in [5.41, 5.74) is 10.9. The van der Waals surface area contributed by atoms with Gasteiger partial charge in [0.25, 0.3) is 0 Å². The lowest BCUT2D eigenvalue weighted by Gasteiger charge is -2.10. The predicted octanol–water partition coefficient (Wildman–Crippen LogP) is 2.63. The van der Waals surface area contributed by atoms with E-state index in [0.29, 0.717) is 0 Å². The highest BCUT2D eigenvalue weighted by atomic mass is 14.8. The highest BCUT2D eigenvalue weighted by Gasteiger charge is 2.15. The van der Waals surface area contributed by atoms with Gasteiger partial charge in [-0.3, -0.25) is 0 Å². The van der Waals surface area contributed by atoms with Gasteiger partial charge < -0.3 is 10.7 Å². The summed E-state index contributed by atoms with van der Waals surface area (Å²) in [6, 6.07) is 6.18. The Bertz CT molecular complexity index is 482. The van der Waals surface area contributed by atoms with Gasteiger partial charge in [-0.2, -0.15) is 0 Å². The van der Waals surface area contributed by atoms with Crippen molar-refractivity contribution in [3.63, 3.8) is 0 Å². The number of nitrogen functional groups attached to an aromatic ring is 1. The molecule has 1 aliphatic rings. The van der Waals surface area contributed by atoms with Crippen LogP contribution in [0.1, 0.15) is 24.1 Å². The Morgan fingerprint density at radius 3 is 2.93 bits per heavy atom. The van der Waals surface area contributed by atoms with Crippen LogP contribution >= 0.6 is 0 Å². The number of para-hydroxylation sites is 1. The first kappa shape index (κ1) is 7.92. The van der Waals surface area contributed by atoms with Crippen molar-refractivity contribution in [1.82, 2.24) is 4.98 Å². The Balaban J connectivity index is 2.36. The number of nitrogens with one attached hydrogen (secondary N) is 1. The molecule has 0 bridgehead atoms. The van der Waals surface area contributed by atoms with E-state index in [2.05, 4.69) is 11.1 Å². The van der Waals surface area contributed by atoms with E-state index in [1.807, 2.05) is 12.1 Å². The van der Waals surface area contributed by atoms with E-state index in [1.54, 1.807) is 0 Å². The van der Waals surface area contributed by atoms with Crippen molar-refractivity contribution in [1.29, 1.82) is 0 Å². The molecule has 0 saturated heterocycles. The number of H-pyrrole nitrogens is 1. The molecule has 1 aromatic heterocycles. The largest absolute Gasteiger partial charge is 0.397 e. The zero-order valence-electron chi connectivity index (χ0n) is 8.14. The van der Waals surface area contributed by atoms with Gasteiger partial charge in [0, 0.05) is 11.1 Å². The predicted molar refractivity (Wildman–Crippen MR) is 59.4 cm³/mol. The number of rotatable bonds is 0. The Kier molecular flexibility index (Phi) is 1.57. The topological polar surface area (TPSA) is 41.8 Å². The summed E-state index contributed by atoms with van der Waals surface area (Å²) in [4.78, 5) is 3.46. The maximum Gasteiger partial charge on any atom is 0.0692 e. The van der Waals surface area contributed by atoms with E-state index in [1.165, 1.54) is 42.3 Å². The summed E-state index contributed by atoms with van der Waals surface area (Å²) in [6.45, 7) is 0. The molecule has 0 amide bonds. The lowest BCUT2D eigenvalue weighted by atomic mass is 9.96. The molecule has 0 fully saturated rings. The van der Waals surface area contributed by atoms with Crippen LogP contribution < -0.4 is 5.73 Å². The summed E-state index contributed by atoms with van der Waals surface area (Å²) in [7, 11) is 0. The van der Waals surface area contributed by atoms with Crippen molar-refractivity contribution >= 4 is 16.6 Å². The number of aromatic nitrogens is 1. The van der Waals surface area contributed by atoms with Crippen molar-refractivity contribution in [2.45, 2.75) is 25.7 Å². The van der Waals surface area contributed by atoms with Crippen LogP contribution in [0.4, 0.5) is 5.69 Å². The number of aryl methyl sites for hydroxylation is 2. The van der Waals surface area contributed by atoms with E-state index in [0.717, 1.165) is 11.2 Å². The lowest BCUT2D eigenvalue weighted by molar-refractivity contribution is 0.680. The Morgan fingerprint density at radius 1 is 1.14 bits per heavy atom. The van der Waals surface area contributed by atoms with Crippen LogP contribution in [0, 0.1) is 0 Å².